The van der Waals surface area contributed by atoms with E-state index >= 15 is 0 Å². The highest BCUT2D eigenvalue weighted by atomic mass is 16.5. The molecule has 0 aromatic heterocycles. The van der Waals surface area contributed by atoms with E-state index < -0.39 is 0 Å². The van der Waals surface area contributed by atoms with Crippen molar-refractivity contribution >= 4 is 5.91 Å². The summed E-state index contributed by atoms with van der Waals surface area (Å²) in [4.78, 5) is 11.2. The molecule has 0 unspecified atom stereocenters. The third kappa shape index (κ3) is 15.8. The number of nitrogens with zero attached hydrogens (tertiary/aromatic N) is 1. The van der Waals surface area contributed by atoms with Crippen molar-refractivity contribution in [3.05, 3.63) is 0 Å². The van der Waals surface area contributed by atoms with Gasteiger partial charge in [0.25, 0.3) is 0 Å². The van der Waals surface area contributed by atoms with Crippen LogP contribution >= 0.6 is 0 Å². The Morgan fingerprint density at radius 3 is 1.32 bits per heavy atom. The van der Waals surface area contributed by atoms with Gasteiger partial charge in [-0.2, -0.15) is 0 Å². The van der Waals surface area contributed by atoms with Crippen LogP contribution < -0.4 is 0 Å². The standard InChI is InChI=1S/C19H39NO2/c1-3-4-5-6-7-8-9-10-11-12-13-14-15-16-17-18-19(21)20(2)22/h22H,3-18H2,1-2H3. The van der Waals surface area contributed by atoms with Crippen LogP contribution in [0.3, 0.4) is 0 Å². The second-order valence-electron chi connectivity index (χ2n) is 6.62. The van der Waals surface area contributed by atoms with Crippen LogP contribution in [-0.4, -0.2) is 23.2 Å². The number of carbonyl (C=O) groups is 1. The van der Waals surface area contributed by atoms with Gasteiger partial charge in [-0.05, 0) is 6.42 Å². The van der Waals surface area contributed by atoms with E-state index in [4.69, 9.17) is 5.21 Å². The molecule has 3 heteroatoms. The lowest BCUT2D eigenvalue weighted by Gasteiger charge is -2.07. The van der Waals surface area contributed by atoms with E-state index in [0.717, 1.165) is 12.8 Å². The van der Waals surface area contributed by atoms with Crippen LogP contribution in [0.5, 0.6) is 0 Å². The van der Waals surface area contributed by atoms with Gasteiger partial charge in [-0.25, -0.2) is 5.06 Å². The normalized spacial score (nSPS) is 10.9. The fraction of sp³-hybridized carbons (Fsp3) is 0.947. The SMILES string of the molecule is CCCCCCCCCCCCCCCCCC(=O)N(C)O. The van der Waals surface area contributed by atoms with Crippen molar-refractivity contribution in [2.45, 2.75) is 110 Å². The third-order valence-corrected chi connectivity index (χ3v) is 4.36. The van der Waals surface area contributed by atoms with Crippen LogP contribution in [0.2, 0.25) is 0 Å². The van der Waals surface area contributed by atoms with Gasteiger partial charge in [-0.3, -0.25) is 10.0 Å². The van der Waals surface area contributed by atoms with Gasteiger partial charge in [-0.1, -0.05) is 96.8 Å². The molecule has 0 aromatic rings. The Balaban J connectivity index is 3.04. The zero-order chi connectivity index (χ0) is 16.5. The van der Waals surface area contributed by atoms with Gasteiger partial charge in [0.1, 0.15) is 0 Å². The first-order valence-corrected chi connectivity index (χ1v) is 9.64. The van der Waals surface area contributed by atoms with E-state index in [-0.39, 0.29) is 5.91 Å². The minimum atomic E-state index is -0.172. The van der Waals surface area contributed by atoms with E-state index in [0.29, 0.717) is 11.5 Å². The van der Waals surface area contributed by atoms with Gasteiger partial charge < -0.3 is 0 Å². The number of hydrogen-bond acceptors (Lipinski definition) is 2. The molecule has 0 heterocycles. The maximum Gasteiger partial charge on any atom is 0.245 e. The highest BCUT2D eigenvalue weighted by Gasteiger charge is 2.04. The molecule has 1 amide bonds. The smallest absolute Gasteiger partial charge is 0.245 e. The largest absolute Gasteiger partial charge is 0.286 e. The zero-order valence-electron chi connectivity index (χ0n) is 15.1. The summed E-state index contributed by atoms with van der Waals surface area (Å²) >= 11 is 0. The first kappa shape index (κ1) is 21.4. The van der Waals surface area contributed by atoms with Crippen molar-refractivity contribution in [1.82, 2.24) is 5.06 Å². The summed E-state index contributed by atoms with van der Waals surface area (Å²) in [6.07, 6.45) is 20.4. The second kappa shape index (κ2) is 16.8. The van der Waals surface area contributed by atoms with Gasteiger partial charge in [0.15, 0.2) is 0 Å². The van der Waals surface area contributed by atoms with Gasteiger partial charge in [-0.15, -0.1) is 0 Å². The third-order valence-electron chi connectivity index (χ3n) is 4.36. The molecular weight excluding hydrogens is 274 g/mol. The van der Waals surface area contributed by atoms with E-state index in [2.05, 4.69) is 6.92 Å². The summed E-state index contributed by atoms with van der Waals surface area (Å²) in [5.74, 6) is -0.172. The Bertz CT molecular complexity index is 242. The van der Waals surface area contributed by atoms with E-state index in [1.54, 1.807) is 0 Å². The topological polar surface area (TPSA) is 40.5 Å². The molecule has 0 saturated carbocycles. The Morgan fingerprint density at radius 1 is 0.682 bits per heavy atom. The number of hydroxylamine groups is 2. The minimum Gasteiger partial charge on any atom is -0.286 e. The summed E-state index contributed by atoms with van der Waals surface area (Å²) in [6, 6.07) is 0. The highest BCUT2D eigenvalue weighted by Crippen LogP contribution is 2.13. The Labute approximate surface area is 138 Å². The lowest BCUT2D eigenvalue weighted by Crippen LogP contribution is -2.21. The van der Waals surface area contributed by atoms with Crippen LogP contribution in [0, 0.1) is 0 Å². The zero-order valence-corrected chi connectivity index (χ0v) is 15.1. The molecule has 0 rings (SSSR count). The molecule has 0 fully saturated rings. The average Bonchev–Trinajstić information content (AvgIpc) is 2.50. The summed E-state index contributed by atoms with van der Waals surface area (Å²) < 4.78 is 0. The van der Waals surface area contributed by atoms with Crippen molar-refractivity contribution in [1.29, 1.82) is 0 Å². The minimum absolute atomic E-state index is 0.172. The summed E-state index contributed by atoms with van der Waals surface area (Å²) in [5.41, 5.74) is 0. The molecule has 0 aliphatic rings. The van der Waals surface area contributed by atoms with Crippen LogP contribution in [0.4, 0.5) is 0 Å². The molecule has 0 spiro atoms. The molecule has 3 nitrogen and oxygen atoms in total. The first-order valence-electron chi connectivity index (χ1n) is 9.64. The Kier molecular flexibility index (Phi) is 16.4. The summed E-state index contributed by atoms with van der Waals surface area (Å²) in [7, 11) is 1.40. The molecule has 1 N–H and O–H groups in total. The van der Waals surface area contributed by atoms with Crippen LogP contribution in [-0.2, 0) is 4.79 Å². The molecule has 0 atom stereocenters. The lowest BCUT2D eigenvalue weighted by molar-refractivity contribution is -0.159. The molecule has 0 bridgehead atoms. The lowest BCUT2D eigenvalue weighted by atomic mass is 10.0. The predicted octanol–water partition coefficient (Wildman–Crippen LogP) is 6.10. The molecule has 0 saturated heterocycles. The number of amides is 1. The molecule has 0 aliphatic heterocycles. The van der Waals surface area contributed by atoms with Gasteiger partial charge in [0, 0.05) is 13.5 Å². The maximum absolute atomic E-state index is 11.2. The average molecular weight is 314 g/mol. The van der Waals surface area contributed by atoms with Crippen molar-refractivity contribution in [3.63, 3.8) is 0 Å². The highest BCUT2D eigenvalue weighted by molar-refractivity contribution is 5.74. The number of unbranched alkanes of at least 4 members (excludes halogenated alkanes) is 14. The van der Waals surface area contributed by atoms with E-state index in [9.17, 15) is 4.79 Å². The van der Waals surface area contributed by atoms with E-state index in [1.807, 2.05) is 0 Å². The number of rotatable bonds is 16. The fourth-order valence-corrected chi connectivity index (χ4v) is 2.81. The van der Waals surface area contributed by atoms with Gasteiger partial charge in [0.05, 0.1) is 0 Å². The molecular formula is C19H39NO2. The van der Waals surface area contributed by atoms with Crippen molar-refractivity contribution in [3.8, 4) is 0 Å². The molecule has 0 aliphatic carbocycles. The predicted molar refractivity (Wildman–Crippen MR) is 94.1 cm³/mol. The first-order chi connectivity index (χ1) is 10.7. The number of hydrogen-bond donors (Lipinski definition) is 1. The van der Waals surface area contributed by atoms with Gasteiger partial charge in [0.2, 0.25) is 5.91 Å². The monoisotopic (exact) mass is 313 g/mol. The Hall–Kier alpha value is -0.570. The molecule has 0 radical (unpaired) electrons. The molecule has 132 valence electrons. The number of carbonyl (C=O) groups excluding carboxylic acids is 1. The second-order valence-corrected chi connectivity index (χ2v) is 6.62. The van der Waals surface area contributed by atoms with Crippen LogP contribution in [0.25, 0.3) is 0 Å². The molecule has 0 aromatic carbocycles. The van der Waals surface area contributed by atoms with Crippen LogP contribution in [0.15, 0.2) is 0 Å². The van der Waals surface area contributed by atoms with Crippen molar-refractivity contribution in [2.75, 3.05) is 7.05 Å². The van der Waals surface area contributed by atoms with Gasteiger partial charge >= 0.3 is 0 Å². The van der Waals surface area contributed by atoms with Crippen molar-refractivity contribution < 1.29 is 10.0 Å². The quantitative estimate of drug-likeness (QED) is 0.212. The Morgan fingerprint density at radius 2 is 1.00 bits per heavy atom. The van der Waals surface area contributed by atoms with E-state index in [1.165, 1.54) is 90.5 Å². The fourth-order valence-electron chi connectivity index (χ4n) is 2.81. The summed E-state index contributed by atoms with van der Waals surface area (Å²) in [6.45, 7) is 2.27. The molecule has 22 heavy (non-hydrogen) atoms. The van der Waals surface area contributed by atoms with Crippen molar-refractivity contribution in [2.24, 2.45) is 0 Å². The van der Waals surface area contributed by atoms with Crippen LogP contribution in [0.1, 0.15) is 110 Å². The summed E-state index contributed by atoms with van der Waals surface area (Å²) in [5, 5.41) is 9.62. The maximum atomic E-state index is 11.2.